The van der Waals surface area contributed by atoms with E-state index < -0.39 is 5.92 Å². The van der Waals surface area contributed by atoms with Gasteiger partial charge in [0.15, 0.2) is 5.78 Å². The number of benzene rings is 1. The molecule has 0 aliphatic heterocycles. The second kappa shape index (κ2) is 6.16. The summed E-state index contributed by atoms with van der Waals surface area (Å²) in [5, 5.41) is 0. The Morgan fingerprint density at radius 3 is 2.61 bits per heavy atom. The van der Waals surface area contributed by atoms with Gasteiger partial charge in [-0.1, -0.05) is 30.3 Å². The number of hydrogen-bond acceptors (Lipinski definition) is 3. The van der Waals surface area contributed by atoms with Gasteiger partial charge >= 0.3 is 0 Å². The summed E-state index contributed by atoms with van der Waals surface area (Å²) in [4.78, 5) is 30.9. The summed E-state index contributed by atoms with van der Waals surface area (Å²) in [5.41, 5.74) is 3.01. The van der Waals surface area contributed by atoms with Gasteiger partial charge in [-0.3, -0.25) is 14.6 Å². The largest absolute Gasteiger partial charge is 0.348 e. The fourth-order valence-corrected chi connectivity index (χ4v) is 2.86. The highest BCUT2D eigenvalue weighted by molar-refractivity contribution is 6.11. The zero-order valence-electron chi connectivity index (χ0n) is 13.2. The van der Waals surface area contributed by atoms with Gasteiger partial charge in [-0.2, -0.15) is 0 Å². The highest BCUT2D eigenvalue weighted by Gasteiger charge is 2.35. The Kier molecular flexibility index (Phi) is 4.06. The molecule has 1 aromatic carbocycles. The lowest BCUT2D eigenvalue weighted by molar-refractivity contribution is -0.131. The quantitative estimate of drug-likeness (QED) is 0.857. The van der Waals surface area contributed by atoms with Crippen molar-refractivity contribution < 1.29 is 9.59 Å². The normalized spacial score (nSPS) is 18.6. The van der Waals surface area contributed by atoms with Crippen LogP contribution >= 0.6 is 0 Å². The lowest BCUT2D eigenvalue weighted by Crippen LogP contribution is -2.34. The van der Waals surface area contributed by atoms with Crippen LogP contribution in [0.5, 0.6) is 0 Å². The average Bonchev–Trinajstić information content (AvgIpc) is 2.57. The summed E-state index contributed by atoms with van der Waals surface area (Å²) in [6.07, 6.45) is 3.81. The van der Waals surface area contributed by atoms with Crippen LogP contribution in [0.15, 0.2) is 48.7 Å². The molecule has 3 rings (SSSR count). The monoisotopic (exact) mass is 306 g/mol. The standard InChI is InChI=1S/C19H18N2O2/c1-21(2)19(23)16-12-17(22)14-9-6-10-20-18(14)15(16)11-13-7-4-3-5-8-13/h3-11,16H,12H2,1-2H3/b15-11-/t16-/m0/s1. The molecule has 0 unspecified atom stereocenters. The van der Waals surface area contributed by atoms with Crippen LogP contribution in [0.25, 0.3) is 11.6 Å². The van der Waals surface area contributed by atoms with Gasteiger partial charge in [0.05, 0.1) is 11.6 Å². The van der Waals surface area contributed by atoms with Crippen molar-refractivity contribution in [3.05, 3.63) is 65.5 Å². The van der Waals surface area contributed by atoms with Crippen molar-refractivity contribution in [1.29, 1.82) is 0 Å². The summed E-state index contributed by atoms with van der Waals surface area (Å²) < 4.78 is 0. The molecule has 2 aromatic rings. The van der Waals surface area contributed by atoms with Gasteiger partial charge < -0.3 is 4.90 Å². The number of carbonyl (C=O) groups excluding carboxylic acids is 2. The van der Waals surface area contributed by atoms with E-state index in [1.54, 1.807) is 32.4 Å². The molecule has 23 heavy (non-hydrogen) atoms. The average molecular weight is 306 g/mol. The highest BCUT2D eigenvalue weighted by Crippen LogP contribution is 2.36. The molecule has 1 aromatic heterocycles. The van der Waals surface area contributed by atoms with Crippen molar-refractivity contribution in [2.75, 3.05) is 14.1 Å². The van der Waals surface area contributed by atoms with Crippen molar-refractivity contribution >= 4 is 23.3 Å². The van der Waals surface area contributed by atoms with Crippen LogP contribution in [0.4, 0.5) is 0 Å². The van der Waals surface area contributed by atoms with E-state index in [0.717, 1.165) is 11.1 Å². The molecule has 1 aliphatic carbocycles. The third kappa shape index (κ3) is 2.93. The van der Waals surface area contributed by atoms with E-state index in [2.05, 4.69) is 4.98 Å². The Hall–Kier alpha value is -2.75. The maximum atomic E-state index is 12.6. The Morgan fingerprint density at radius 1 is 1.17 bits per heavy atom. The number of aromatic nitrogens is 1. The third-order valence-electron chi connectivity index (χ3n) is 4.01. The summed E-state index contributed by atoms with van der Waals surface area (Å²) in [6, 6.07) is 13.3. The fraction of sp³-hybridized carbons (Fsp3) is 0.211. The van der Waals surface area contributed by atoms with Crippen LogP contribution in [0.2, 0.25) is 0 Å². The first-order valence-electron chi connectivity index (χ1n) is 7.54. The molecule has 0 N–H and O–H groups in total. The van der Waals surface area contributed by atoms with Crippen molar-refractivity contribution in [3.8, 4) is 0 Å². The molecule has 0 saturated heterocycles. The molecule has 0 fully saturated rings. The maximum absolute atomic E-state index is 12.6. The zero-order chi connectivity index (χ0) is 16.4. The molecule has 0 radical (unpaired) electrons. The molecule has 4 heteroatoms. The van der Waals surface area contributed by atoms with E-state index >= 15 is 0 Å². The number of rotatable bonds is 2. The Balaban J connectivity index is 2.16. The van der Waals surface area contributed by atoms with Crippen LogP contribution in [0.1, 0.15) is 28.0 Å². The topological polar surface area (TPSA) is 50.3 Å². The van der Waals surface area contributed by atoms with E-state index in [1.807, 2.05) is 36.4 Å². The number of hydrogen-bond donors (Lipinski definition) is 0. The Morgan fingerprint density at radius 2 is 1.91 bits per heavy atom. The minimum absolute atomic E-state index is 0.0292. The van der Waals surface area contributed by atoms with Crippen molar-refractivity contribution in [2.24, 2.45) is 5.92 Å². The van der Waals surface area contributed by atoms with E-state index in [-0.39, 0.29) is 18.1 Å². The Bertz CT molecular complexity index is 779. The fourth-order valence-electron chi connectivity index (χ4n) is 2.86. The molecule has 1 amide bonds. The summed E-state index contributed by atoms with van der Waals surface area (Å²) in [6.45, 7) is 0. The van der Waals surface area contributed by atoms with Crippen LogP contribution in [0, 0.1) is 5.92 Å². The SMILES string of the molecule is CN(C)C(=O)[C@H]1CC(=O)c2cccnc2/C1=C\c1ccccc1. The van der Waals surface area contributed by atoms with Crippen LogP contribution < -0.4 is 0 Å². The van der Waals surface area contributed by atoms with Gasteiger partial charge in [-0.05, 0) is 29.3 Å². The summed E-state index contributed by atoms with van der Waals surface area (Å²) in [7, 11) is 3.42. The Labute approximate surface area is 135 Å². The predicted octanol–water partition coefficient (Wildman–Crippen LogP) is 2.91. The number of pyridine rings is 1. The molecule has 1 atom stereocenters. The van der Waals surface area contributed by atoms with E-state index in [9.17, 15) is 9.59 Å². The van der Waals surface area contributed by atoms with Gasteiger partial charge in [0, 0.05) is 32.3 Å². The van der Waals surface area contributed by atoms with E-state index in [0.29, 0.717) is 11.3 Å². The molecule has 0 spiro atoms. The molecule has 1 heterocycles. The minimum atomic E-state index is -0.486. The van der Waals surface area contributed by atoms with Crippen molar-refractivity contribution in [1.82, 2.24) is 9.88 Å². The molecule has 0 saturated carbocycles. The van der Waals surface area contributed by atoms with Gasteiger partial charge in [0.25, 0.3) is 0 Å². The molecular weight excluding hydrogens is 288 g/mol. The highest BCUT2D eigenvalue weighted by atomic mass is 16.2. The minimum Gasteiger partial charge on any atom is -0.348 e. The molecule has 0 bridgehead atoms. The van der Waals surface area contributed by atoms with Crippen molar-refractivity contribution in [3.63, 3.8) is 0 Å². The second-order valence-corrected chi connectivity index (χ2v) is 5.82. The first-order valence-corrected chi connectivity index (χ1v) is 7.54. The van der Waals surface area contributed by atoms with Crippen LogP contribution in [-0.4, -0.2) is 35.7 Å². The lowest BCUT2D eigenvalue weighted by Gasteiger charge is -2.27. The number of fused-ring (bicyclic) bond motifs is 1. The number of carbonyl (C=O) groups is 2. The van der Waals surface area contributed by atoms with Gasteiger partial charge in [-0.25, -0.2) is 0 Å². The summed E-state index contributed by atoms with van der Waals surface area (Å²) >= 11 is 0. The molecular formula is C19H18N2O2. The molecule has 116 valence electrons. The molecule has 1 aliphatic rings. The number of nitrogens with zero attached hydrogens (tertiary/aromatic N) is 2. The van der Waals surface area contributed by atoms with Gasteiger partial charge in [0.1, 0.15) is 0 Å². The van der Waals surface area contributed by atoms with Gasteiger partial charge in [-0.15, -0.1) is 0 Å². The summed E-state index contributed by atoms with van der Waals surface area (Å²) in [5.74, 6) is -0.588. The lowest BCUT2D eigenvalue weighted by atomic mass is 9.80. The van der Waals surface area contributed by atoms with Crippen LogP contribution in [-0.2, 0) is 4.79 Å². The predicted molar refractivity (Wildman–Crippen MR) is 89.7 cm³/mol. The number of ketones is 1. The molecule has 4 nitrogen and oxygen atoms in total. The first-order chi connectivity index (χ1) is 11.1. The van der Waals surface area contributed by atoms with Crippen molar-refractivity contribution in [2.45, 2.75) is 6.42 Å². The first kappa shape index (κ1) is 15.2. The van der Waals surface area contributed by atoms with Gasteiger partial charge in [0.2, 0.25) is 5.91 Å². The van der Waals surface area contributed by atoms with E-state index in [1.165, 1.54) is 4.90 Å². The zero-order valence-corrected chi connectivity index (χ0v) is 13.2. The number of Topliss-reactive ketones (excluding diaryl/α,β-unsaturated/α-hetero) is 1. The smallest absolute Gasteiger partial charge is 0.230 e. The number of amides is 1. The maximum Gasteiger partial charge on any atom is 0.230 e. The second-order valence-electron chi connectivity index (χ2n) is 5.82. The van der Waals surface area contributed by atoms with E-state index in [4.69, 9.17) is 0 Å². The third-order valence-corrected chi connectivity index (χ3v) is 4.01. The van der Waals surface area contributed by atoms with Crippen LogP contribution in [0.3, 0.4) is 0 Å².